The second-order valence-electron chi connectivity index (χ2n) is 6.35. The van der Waals surface area contributed by atoms with Gasteiger partial charge in [-0.15, -0.1) is 0 Å². The van der Waals surface area contributed by atoms with Gasteiger partial charge in [0.25, 0.3) is 5.91 Å². The fourth-order valence-electron chi connectivity index (χ4n) is 2.92. The van der Waals surface area contributed by atoms with Crippen molar-refractivity contribution < 1.29 is 9.21 Å². The maximum atomic E-state index is 12.9. The Kier molecular flexibility index (Phi) is 4.96. The number of hydrogen-bond acceptors (Lipinski definition) is 3. The molecule has 1 heterocycles. The van der Waals surface area contributed by atoms with E-state index in [1.807, 2.05) is 61.5 Å². The van der Waals surface area contributed by atoms with Gasteiger partial charge < -0.3 is 9.73 Å². The first kappa shape index (κ1) is 18.0. The Bertz CT molecular complexity index is 1140. The van der Waals surface area contributed by atoms with Gasteiger partial charge in [0.1, 0.15) is 0 Å². The first-order chi connectivity index (χ1) is 13.6. The molecule has 0 aliphatic rings. The molecule has 4 nitrogen and oxygen atoms in total. The predicted molar refractivity (Wildman–Crippen MR) is 112 cm³/mol. The molecule has 0 spiro atoms. The Hall–Kier alpha value is -3.37. The van der Waals surface area contributed by atoms with E-state index >= 15 is 0 Å². The van der Waals surface area contributed by atoms with Crippen LogP contribution in [0.2, 0.25) is 5.02 Å². The number of aromatic nitrogens is 1. The highest BCUT2D eigenvalue weighted by atomic mass is 35.5. The largest absolute Gasteiger partial charge is 0.436 e. The van der Waals surface area contributed by atoms with E-state index < -0.39 is 0 Å². The number of hydrogen-bond donors (Lipinski definition) is 1. The van der Waals surface area contributed by atoms with Crippen LogP contribution in [-0.2, 0) is 0 Å². The lowest BCUT2D eigenvalue weighted by Gasteiger charge is -2.11. The molecular formula is C23H17ClN2O2. The Morgan fingerprint density at radius 1 is 1.00 bits per heavy atom. The summed E-state index contributed by atoms with van der Waals surface area (Å²) in [6.45, 7) is 1.91. The Labute approximate surface area is 167 Å². The number of aryl methyl sites for hydroxylation is 1. The Morgan fingerprint density at radius 2 is 1.75 bits per heavy atom. The van der Waals surface area contributed by atoms with Crippen molar-refractivity contribution >= 4 is 23.2 Å². The van der Waals surface area contributed by atoms with Crippen molar-refractivity contribution in [2.45, 2.75) is 6.92 Å². The molecule has 0 aliphatic carbocycles. The number of carbonyl (C=O) groups is 1. The van der Waals surface area contributed by atoms with Gasteiger partial charge in [0.2, 0.25) is 5.89 Å². The van der Waals surface area contributed by atoms with Crippen molar-refractivity contribution in [2.24, 2.45) is 0 Å². The molecule has 138 valence electrons. The minimum atomic E-state index is -0.250. The third-order valence-electron chi connectivity index (χ3n) is 4.41. The maximum Gasteiger partial charge on any atom is 0.256 e. The quantitative estimate of drug-likeness (QED) is 0.451. The fraction of sp³-hybridized carbons (Fsp3) is 0.0435. The molecule has 3 aromatic carbocycles. The molecule has 0 unspecified atom stereocenters. The minimum absolute atomic E-state index is 0.250. The van der Waals surface area contributed by atoms with Gasteiger partial charge in [0.05, 0.1) is 11.8 Å². The van der Waals surface area contributed by atoms with Gasteiger partial charge >= 0.3 is 0 Å². The molecule has 4 rings (SSSR count). The van der Waals surface area contributed by atoms with E-state index in [1.54, 1.807) is 24.4 Å². The standard InChI is InChI=1S/C23H17ClN2O2/c1-15-11-12-17(24)13-20(15)26-22(27)18-9-5-6-10-19(18)23-25-14-21(28-23)16-7-3-2-4-8-16/h2-14H,1H3,(H,26,27). The molecule has 0 fully saturated rings. The highest BCUT2D eigenvalue weighted by Crippen LogP contribution is 2.29. The number of benzene rings is 3. The molecule has 5 heteroatoms. The van der Waals surface area contributed by atoms with Crippen LogP contribution in [0.15, 0.2) is 83.4 Å². The van der Waals surface area contributed by atoms with Gasteiger partial charge in [0.15, 0.2) is 5.76 Å². The van der Waals surface area contributed by atoms with E-state index in [0.717, 1.165) is 11.1 Å². The number of nitrogens with zero attached hydrogens (tertiary/aromatic N) is 1. The summed E-state index contributed by atoms with van der Waals surface area (Å²) in [7, 11) is 0. The molecule has 4 aromatic rings. The van der Waals surface area contributed by atoms with Gasteiger partial charge in [-0.25, -0.2) is 4.98 Å². The van der Waals surface area contributed by atoms with E-state index in [0.29, 0.717) is 33.5 Å². The highest BCUT2D eigenvalue weighted by molar-refractivity contribution is 6.31. The lowest BCUT2D eigenvalue weighted by atomic mass is 10.1. The van der Waals surface area contributed by atoms with Crippen LogP contribution in [0.3, 0.4) is 0 Å². The summed E-state index contributed by atoms with van der Waals surface area (Å²) in [4.78, 5) is 17.3. The zero-order valence-electron chi connectivity index (χ0n) is 15.1. The molecule has 0 saturated heterocycles. The molecule has 0 bridgehead atoms. The number of nitrogens with one attached hydrogen (secondary N) is 1. The number of amides is 1. The Balaban J connectivity index is 1.67. The minimum Gasteiger partial charge on any atom is -0.436 e. The molecule has 0 radical (unpaired) electrons. The molecule has 0 aliphatic heterocycles. The molecule has 1 N–H and O–H groups in total. The van der Waals surface area contributed by atoms with Crippen molar-refractivity contribution in [1.29, 1.82) is 0 Å². The van der Waals surface area contributed by atoms with Gasteiger partial charge in [-0.05, 0) is 36.8 Å². The van der Waals surface area contributed by atoms with Crippen molar-refractivity contribution in [2.75, 3.05) is 5.32 Å². The number of rotatable bonds is 4. The van der Waals surface area contributed by atoms with Gasteiger partial charge in [-0.1, -0.05) is 60.1 Å². The first-order valence-corrected chi connectivity index (χ1v) is 9.18. The summed E-state index contributed by atoms with van der Waals surface area (Å²) in [6.07, 6.45) is 1.67. The molecule has 1 aromatic heterocycles. The van der Waals surface area contributed by atoms with Crippen molar-refractivity contribution in [3.05, 3.63) is 95.1 Å². The zero-order chi connectivity index (χ0) is 19.5. The molecule has 1 amide bonds. The van der Waals surface area contributed by atoms with Crippen LogP contribution in [0.5, 0.6) is 0 Å². The number of halogens is 1. The van der Waals surface area contributed by atoms with Gasteiger partial charge in [0, 0.05) is 21.8 Å². The molecular weight excluding hydrogens is 372 g/mol. The van der Waals surface area contributed by atoms with Crippen LogP contribution < -0.4 is 5.32 Å². The SMILES string of the molecule is Cc1ccc(Cl)cc1NC(=O)c1ccccc1-c1ncc(-c2ccccc2)o1. The summed E-state index contributed by atoms with van der Waals surface area (Å²) >= 11 is 6.06. The second kappa shape index (κ2) is 7.71. The average molecular weight is 389 g/mol. The van der Waals surface area contributed by atoms with Gasteiger partial charge in [-0.2, -0.15) is 0 Å². The predicted octanol–water partition coefficient (Wildman–Crippen LogP) is 6.22. The van der Waals surface area contributed by atoms with Crippen molar-refractivity contribution in [1.82, 2.24) is 4.98 Å². The van der Waals surface area contributed by atoms with Crippen LogP contribution in [-0.4, -0.2) is 10.9 Å². The third-order valence-corrected chi connectivity index (χ3v) is 4.65. The zero-order valence-corrected chi connectivity index (χ0v) is 15.9. The summed E-state index contributed by atoms with van der Waals surface area (Å²) in [5.74, 6) is 0.796. The van der Waals surface area contributed by atoms with Crippen LogP contribution in [0.1, 0.15) is 15.9 Å². The normalized spacial score (nSPS) is 10.6. The van der Waals surface area contributed by atoms with Crippen LogP contribution in [0.25, 0.3) is 22.8 Å². The van der Waals surface area contributed by atoms with Gasteiger partial charge in [-0.3, -0.25) is 4.79 Å². The van der Waals surface area contributed by atoms with E-state index in [9.17, 15) is 4.79 Å². The number of carbonyl (C=O) groups excluding carboxylic acids is 1. The lowest BCUT2D eigenvalue weighted by molar-refractivity contribution is 0.102. The lowest BCUT2D eigenvalue weighted by Crippen LogP contribution is -2.14. The topological polar surface area (TPSA) is 55.1 Å². The van der Waals surface area contributed by atoms with E-state index in [1.165, 1.54) is 0 Å². The summed E-state index contributed by atoms with van der Waals surface area (Å²) in [6, 6.07) is 22.3. The van der Waals surface area contributed by atoms with Crippen LogP contribution in [0, 0.1) is 6.92 Å². The third kappa shape index (κ3) is 3.68. The average Bonchev–Trinajstić information content (AvgIpc) is 3.21. The van der Waals surface area contributed by atoms with Crippen molar-refractivity contribution in [3.8, 4) is 22.8 Å². The van der Waals surface area contributed by atoms with Crippen LogP contribution in [0.4, 0.5) is 5.69 Å². The van der Waals surface area contributed by atoms with Crippen molar-refractivity contribution in [3.63, 3.8) is 0 Å². The summed E-state index contributed by atoms with van der Waals surface area (Å²) < 4.78 is 5.93. The van der Waals surface area contributed by atoms with E-state index in [4.69, 9.17) is 16.0 Å². The monoisotopic (exact) mass is 388 g/mol. The number of oxazole rings is 1. The fourth-order valence-corrected chi connectivity index (χ4v) is 3.09. The smallest absolute Gasteiger partial charge is 0.256 e. The maximum absolute atomic E-state index is 12.9. The summed E-state index contributed by atoms with van der Waals surface area (Å²) in [5.41, 5.74) is 3.63. The van der Waals surface area contributed by atoms with E-state index in [-0.39, 0.29) is 5.91 Å². The molecule has 0 saturated carbocycles. The molecule has 28 heavy (non-hydrogen) atoms. The first-order valence-electron chi connectivity index (χ1n) is 8.80. The van der Waals surface area contributed by atoms with Crippen LogP contribution >= 0.6 is 11.6 Å². The summed E-state index contributed by atoms with van der Waals surface area (Å²) in [5, 5.41) is 3.49. The number of anilines is 1. The molecule has 0 atom stereocenters. The van der Waals surface area contributed by atoms with E-state index in [2.05, 4.69) is 10.3 Å². The second-order valence-corrected chi connectivity index (χ2v) is 6.79. The Morgan fingerprint density at radius 3 is 2.57 bits per heavy atom. The highest BCUT2D eigenvalue weighted by Gasteiger charge is 2.17.